The standard InChI is InChI=1S/C17H20N4/c1-11-12(2)21(13(3)15-8-6-5-7-9-15)17(16(11)10-18)20-14(4)19/h5-9,13H,1-4H3,(H2,19,20). The summed E-state index contributed by atoms with van der Waals surface area (Å²) in [6, 6.07) is 12.5. The van der Waals surface area contributed by atoms with Gasteiger partial charge in [0, 0.05) is 5.69 Å². The van der Waals surface area contributed by atoms with E-state index in [0.717, 1.165) is 11.3 Å². The van der Waals surface area contributed by atoms with E-state index < -0.39 is 0 Å². The van der Waals surface area contributed by atoms with Crippen LogP contribution >= 0.6 is 0 Å². The van der Waals surface area contributed by atoms with Crippen LogP contribution in [0.15, 0.2) is 35.3 Å². The Morgan fingerprint density at radius 3 is 2.43 bits per heavy atom. The second-order valence-electron chi connectivity index (χ2n) is 5.23. The molecule has 4 heteroatoms. The molecule has 1 aromatic heterocycles. The van der Waals surface area contributed by atoms with Crippen LogP contribution < -0.4 is 5.73 Å². The molecule has 2 aromatic rings. The summed E-state index contributed by atoms with van der Waals surface area (Å²) < 4.78 is 2.08. The van der Waals surface area contributed by atoms with Gasteiger partial charge in [-0.05, 0) is 38.8 Å². The number of nitriles is 1. The molecule has 0 saturated carbocycles. The zero-order valence-corrected chi connectivity index (χ0v) is 12.9. The number of nitrogens with zero attached hydrogens (tertiary/aromatic N) is 3. The van der Waals surface area contributed by atoms with Gasteiger partial charge >= 0.3 is 0 Å². The van der Waals surface area contributed by atoms with E-state index in [-0.39, 0.29) is 6.04 Å². The summed E-state index contributed by atoms with van der Waals surface area (Å²) in [7, 11) is 0. The van der Waals surface area contributed by atoms with Crippen molar-refractivity contribution >= 4 is 11.7 Å². The SMILES string of the molecule is C/C(N)=N/c1c(C#N)c(C)c(C)n1C(C)c1ccccc1. The number of rotatable bonds is 3. The normalized spacial score (nSPS) is 13.0. The third-order valence-electron chi connectivity index (χ3n) is 3.79. The van der Waals surface area contributed by atoms with Crippen LogP contribution in [0.2, 0.25) is 0 Å². The minimum absolute atomic E-state index is 0.0881. The van der Waals surface area contributed by atoms with Gasteiger partial charge in [0.25, 0.3) is 0 Å². The Morgan fingerprint density at radius 2 is 1.90 bits per heavy atom. The first-order valence-corrected chi connectivity index (χ1v) is 6.94. The number of benzene rings is 1. The van der Waals surface area contributed by atoms with E-state index in [1.807, 2.05) is 32.0 Å². The minimum Gasteiger partial charge on any atom is -0.387 e. The maximum absolute atomic E-state index is 9.43. The van der Waals surface area contributed by atoms with Gasteiger partial charge in [0.2, 0.25) is 0 Å². The van der Waals surface area contributed by atoms with Gasteiger partial charge in [-0.15, -0.1) is 0 Å². The van der Waals surface area contributed by atoms with Crippen molar-refractivity contribution in [1.82, 2.24) is 4.57 Å². The molecule has 0 aliphatic rings. The smallest absolute Gasteiger partial charge is 0.153 e. The molecule has 2 rings (SSSR count). The molecule has 0 spiro atoms. The summed E-state index contributed by atoms with van der Waals surface area (Å²) in [6.45, 7) is 7.80. The van der Waals surface area contributed by atoms with Crippen LogP contribution in [-0.2, 0) is 0 Å². The lowest BCUT2D eigenvalue weighted by Gasteiger charge is -2.18. The van der Waals surface area contributed by atoms with Gasteiger partial charge in [-0.25, -0.2) is 4.99 Å². The first-order chi connectivity index (χ1) is 9.97. The van der Waals surface area contributed by atoms with Gasteiger partial charge in [-0.3, -0.25) is 0 Å². The highest BCUT2D eigenvalue weighted by Gasteiger charge is 2.21. The van der Waals surface area contributed by atoms with Crippen molar-refractivity contribution in [2.45, 2.75) is 33.7 Å². The number of aromatic nitrogens is 1. The molecule has 21 heavy (non-hydrogen) atoms. The van der Waals surface area contributed by atoms with Crippen molar-refractivity contribution in [3.63, 3.8) is 0 Å². The van der Waals surface area contributed by atoms with Gasteiger partial charge in [0.15, 0.2) is 5.82 Å². The van der Waals surface area contributed by atoms with Crippen molar-refractivity contribution in [1.29, 1.82) is 5.26 Å². The Balaban J connectivity index is 2.69. The molecule has 0 amide bonds. The molecular formula is C17H20N4. The molecule has 0 aliphatic heterocycles. The average molecular weight is 280 g/mol. The van der Waals surface area contributed by atoms with Gasteiger partial charge in [0.05, 0.1) is 17.4 Å². The van der Waals surface area contributed by atoms with Crippen molar-refractivity contribution in [2.24, 2.45) is 10.7 Å². The maximum atomic E-state index is 9.43. The van der Waals surface area contributed by atoms with E-state index in [2.05, 4.69) is 34.7 Å². The van der Waals surface area contributed by atoms with Gasteiger partial charge in [0.1, 0.15) is 6.07 Å². The zero-order valence-electron chi connectivity index (χ0n) is 12.9. The Hall–Kier alpha value is -2.54. The summed E-state index contributed by atoms with van der Waals surface area (Å²) in [5.74, 6) is 1.09. The third kappa shape index (κ3) is 2.68. The number of aliphatic imine (C=N–C) groups is 1. The first kappa shape index (κ1) is 14.9. The van der Waals surface area contributed by atoms with E-state index in [0.29, 0.717) is 17.2 Å². The summed E-state index contributed by atoms with van der Waals surface area (Å²) >= 11 is 0. The van der Waals surface area contributed by atoms with Gasteiger partial charge in [-0.1, -0.05) is 30.3 Å². The van der Waals surface area contributed by atoms with Crippen molar-refractivity contribution in [3.8, 4) is 6.07 Å². The van der Waals surface area contributed by atoms with Crippen LogP contribution in [0.3, 0.4) is 0 Å². The van der Waals surface area contributed by atoms with E-state index in [4.69, 9.17) is 5.73 Å². The lowest BCUT2D eigenvalue weighted by molar-refractivity contribution is 0.628. The molecule has 0 aliphatic carbocycles. The van der Waals surface area contributed by atoms with Crippen LogP contribution in [0.4, 0.5) is 5.82 Å². The lowest BCUT2D eigenvalue weighted by Crippen LogP contribution is -2.10. The minimum atomic E-state index is 0.0881. The molecule has 4 nitrogen and oxygen atoms in total. The van der Waals surface area contributed by atoms with Crippen LogP contribution in [-0.4, -0.2) is 10.4 Å². The quantitative estimate of drug-likeness (QED) is 0.689. The fourth-order valence-corrected chi connectivity index (χ4v) is 2.57. The molecule has 1 unspecified atom stereocenters. The second-order valence-corrected chi connectivity index (χ2v) is 5.23. The maximum Gasteiger partial charge on any atom is 0.153 e. The van der Waals surface area contributed by atoms with Crippen molar-refractivity contribution < 1.29 is 0 Å². The topological polar surface area (TPSA) is 67.1 Å². The summed E-state index contributed by atoms with van der Waals surface area (Å²) in [5, 5.41) is 9.43. The zero-order chi connectivity index (χ0) is 15.6. The van der Waals surface area contributed by atoms with E-state index >= 15 is 0 Å². The largest absolute Gasteiger partial charge is 0.387 e. The van der Waals surface area contributed by atoms with E-state index in [9.17, 15) is 5.26 Å². The molecule has 108 valence electrons. The highest BCUT2D eigenvalue weighted by Crippen LogP contribution is 2.34. The van der Waals surface area contributed by atoms with E-state index in [1.54, 1.807) is 6.92 Å². The average Bonchev–Trinajstić information content (AvgIpc) is 2.70. The summed E-state index contributed by atoms with van der Waals surface area (Å²) in [5.41, 5.74) is 9.52. The molecular weight excluding hydrogens is 260 g/mol. The molecule has 2 N–H and O–H groups in total. The van der Waals surface area contributed by atoms with Crippen molar-refractivity contribution in [2.75, 3.05) is 0 Å². The third-order valence-corrected chi connectivity index (χ3v) is 3.79. The monoisotopic (exact) mass is 280 g/mol. The first-order valence-electron chi connectivity index (χ1n) is 6.94. The van der Waals surface area contributed by atoms with Crippen molar-refractivity contribution in [3.05, 3.63) is 52.7 Å². The number of hydrogen-bond acceptors (Lipinski definition) is 2. The molecule has 1 heterocycles. The fraction of sp³-hybridized carbons (Fsp3) is 0.294. The fourth-order valence-electron chi connectivity index (χ4n) is 2.57. The Labute approximate surface area is 125 Å². The molecule has 0 saturated heterocycles. The molecule has 1 atom stereocenters. The molecule has 0 bridgehead atoms. The van der Waals surface area contributed by atoms with Gasteiger partial charge in [-0.2, -0.15) is 5.26 Å². The number of hydrogen-bond donors (Lipinski definition) is 1. The molecule has 0 fully saturated rings. The predicted octanol–water partition coefficient (Wildman–Crippen LogP) is 3.59. The highest BCUT2D eigenvalue weighted by atomic mass is 15.1. The highest BCUT2D eigenvalue weighted by molar-refractivity contribution is 5.81. The van der Waals surface area contributed by atoms with Crippen LogP contribution in [0.25, 0.3) is 0 Å². The Kier molecular flexibility index (Phi) is 4.13. The summed E-state index contributed by atoms with van der Waals surface area (Å²) in [6.07, 6.45) is 0. The van der Waals surface area contributed by atoms with Crippen LogP contribution in [0.1, 0.15) is 42.3 Å². The number of nitrogens with two attached hydrogens (primary N) is 1. The Morgan fingerprint density at radius 1 is 1.29 bits per heavy atom. The Bertz CT molecular complexity index is 713. The van der Waals surface area contributed by atoms with Crippen LogP contribution in [0, 0.1) is 25.2 Å². The van der Waals surface area contributed by atoms with Gasteiger partial charge < -0.3 is 10.3 Å². The molecule has 0 radical (unpaired) electrons. The molecule has 1 aromatic carbocycles. The lowest BCUT2D eigenvalue weighted by atomic mass is 10.1. The predicted molar refractivity (Wildman–Crippen MR) is 85.8 cm³/mol. The van der Waals surface area contributed by atoms with E-state index in [1.165, 1.54) is 5.56 Å². The summed E-state index contributed by atoms with van der Waals surface area (Å²) in [4.78, 5) is 4.39. The second kappa shape index (κ2) is 5.84. The van der Waals surface area contributed by atoms with Crippen LogP contribution in [0.5, 0.6) is 0 Å². The number of amidine groups is 1.